The van der Waals surface area contributed by atoms with Gasteiger partial charge in [0.1, 0.15) is 5.75 Å². The molecule has 0 saturated carbocycles. The number of ether oxygens (including phenoxy) is 2. The minimum absolute atomic E-state index is 0.337. The van der Waals surface area contributed by atoms with Gasteiger partial charge in [0.05, 0.1) is 18.8 Å². The van der Waals surface area contributed by atoms with E-state index in [-0.39, 0.29) is 0 Å². The van der Waals surface area contributed by atoms with E-state index in [9.17, 15) is 0 Å². The molecule has 1 aliphatic heterocycles. The topological polar surface area (TPSA) is 21.7 Å². The van der Waals surface area contributed by atoms with Crippen LogP contribution in [0, 0.1) is 0 Å². The van der Waals surface area contributed by atoms with Crippen LogP contribution in [0.15, 0.2) is 18.2 Å². The average molecular weight is 334 g/mol. The Labute approximate surface area is 148 Å². The molecule has 2 unspecified atom stereocenters. The molecule has 3 heteroatoms. The normalized spacial score (nSPS) is 22.3. The second-order valence-electron chi connectivity index (χ2n) is 7.79. The molecule has 2 atom stereocenters. The number of nitrogens with zero attached hydrogens (tertiary/aromatic N) is 1. The van der Waals surface area contributed by atoms with Crippen LogP contribution in [0.1, 0.15) is 70.9 Å². The fourth-order valence-corrected chi connectivity index (χ4v) is 3.58. The van der Waals surface area contributed by atoms with E-state index < -0.39 is 0 Å². The van der Waals surface area contributed by atoms with Crippen LogP contribution >= 0.6 is 0 Å². The molecule has 0 bridgehead atoms. The van der Waals surface area contributed by atoms with Gasteiger partial charge in [0, 0.05) is 19.6 Å². The summed E-state index contributed by atoms with van der Waals surface area (Å²) in [5.74, 6) is 2.09. The molecule has 24 heavy (non-hydrogen) atoms. The summed E-state index contributed by atoms with van der Waals surface area (Å²) in [6.45, 7) is 17.2. The van der Waals surface area contributed by atoms with Crippen molar-refractivity contribution in [2.45, 2.75) is 72.0 Å². The highest BCUT2D eigenvalue weighted by Gasteiger charge is 2.21. The molecule has 0 radical (unpaired) electrons. The first-order valence-electron chi connectivity index (χ1n) is 9.51. The number of morpholine rings is 1. The van der Waals surface area contributed by atoms with Crippen LogP contribution in [-0.4, -0.2) is 43.3 Å². The summed E-state index contributed by atoms with van der Waals surface area (Å²) in [7, 11) is 0. The minimum atomic E-state index is 0.337. The highest BCUT2D eigenvalue weighted by atomic mass is 16.5. The molecule has 3 nitrogen and oxygen atoms in total. The number of hydrogen-bond donors (Lipinski definition) is 0. The summed E-state index contributed by atoms with van der Waals surface area (Å²) < 4.78 is 12.1. The van der Waals surface area contributed by atoms with Crippen LogP contribution in [0.2, 0.25) is 0 Å². The van der Waals surface area contributed by atoms with E-state index in [2.05, 4.69) is 64.6 Å². The molecule has 0 amide bonds. The molecular formula is C21H35NO2. The lowest BCUT2D eigenvalue weighted by molar-refractivity contribution is -0.0686. The molecule has 0 aromatic heterocycles. The van der Waals surface area contributed by atoms with Crippen molar-refractivity contribution < 1.29 is 9.47 Å². The lowest BCUT2D eigenvalue weighted by Crippen LogP contribution is -2.45. The maximum atomic E-state index is 6.28. The number of para-hydroxylation sites is 1. The number of benzene rings is 1. The van der Waals surface area contributed by atoms with E-state index in [1.807, 2.05) is 0 Å². The van der Waals surface area contributed by atoms with Crippen LogP contribution in [0.25, 0.3) is 0 Å². The zero-order chi connectivity index (χ0) is 17.7. The van der Waals surface area contributed by atoms with E-state index in [1.165, 1.54) is 11.1 Å². The number of rotatable bonds is 7. The third-order valence-corrected chi connectivity index (χ3v) is 4.68. The molecule has 1 saturated heterocycles. The molecule has 1 aliphatic rings. The Morgan fingerprint density at radius 1 is 1.04 bits per heavy atom. The van der Waals surface area contributed by atoms with Gasteiger partial charge in [0.25, 0.3) is 0 Å². The summed E-state index contributed by atoms with van der Waals surface area (Å²) in [6, 6.07) is 6.57. The predicted octanol–water partition coefficient (Wildman–Crippen LogP) is 4.81. The maximum Gasteiger partial charge on any atom is 0.126 e. The van der Waals surface area contributed by atoms with Gasteiger partial charge in [-0.3, -0.25) is 4.90 Å². The molecule has 0 N–H and O–H groups in total. The van der Waals surface area contributed by atoms with E-state index in [0.717, 1.165) is 38.4 Å². The molecule has 1 aromatic carbocycles. The Morgan fingerprint density at radius 3 is 2.08 bits per heavy atom. The molecule has 1 aromatic rings. The van der Waals surface area contributed by atoms with E-state index in [0.29, 0.717) is 24.0 Å². The third-order valence-electron chi connectivity index (χ3n) is 4.68. The molecular weight excluding hydrogens is 298 g/mol. The highest BCUT2D eigenvalue weighted by Crippen LogP contribution is 2.34. The van der Waals surface area contributed by atoms with Gasteiger partial charge in [-0.15, -0.1) is 0 Å². The van der Waals surface area contributed by atoms with Gasteiger partial charge >= 0.3 is 0 Å². The van der Waals surface area contributed by atoms with E-state index in [4.69, 9.17) is 9.47 Å². The quantitative estimate of drug-likeness (QED) is 0.668. The fourth-order valence-electron chi connectivity index (χ4n) is 3.58. The van der Waals surface area contributed by atoms with Crippen molar-refractivity contribution in [3.63, 3.8) is 0 Å². The Kier molecular flexibility index (Phi) is 7.12. The Bertz CT molecular complexity index is 476. The standard InChI is InChI=1S/C21H35NO2/c1-15(2)19-9-7-10-20(16(3)4)21(19)23-12-8-11-22-13-17(5)24-18(6)14-22/h7,9-10,15-18H,8,11-14H2,1-6H3. The lowest BCUT2D eigenvalue weighted by Gasteiger charge is -2.35. The zero-order valence-corrected chi connectivity index (χ0v) is 16.3. The number of hydrogen-bond acceptors (Lipinski definition) is 3. The van der Waals surface area contributed by atoms with Gasteiger partial charge in [-0.2, -0.15) is 0 Å². The fraction of sp³-hybridized carbons (Fsp3) is 0.714. The van der Waals surface area contributed by atoms with E-state index in [1.54, 1.807) is 0 Å². The van der Waals surface area contributed by atoms with Crippen molar-refractivity contribution in [2.75, 3.05) is 26.2 Å². The highest BCUT2D eigenvalue weighted by molar-refractivity contribution is 5.44. The van der Waals surface area contributed by atoms with Gasteiger partial charge in [0.15, 0.2) is 0 Å². The molecule has 0 aliphatic carbocycles. The second-order valence-corrected chi connectivity index (χ2v) is 7.79. The van der Waals surface area contributed by atoms with Crippen LogP contribution < -0.4 is 4.74 Å². The smallest absolute Gasteiger partial charge is 0.126 e. The Balaban J connectivity index is 1.92. The van der Waals surface area contributed by atoms with Crippen LogP contribution in [0.3, 0.4) is 0 Å². The van der Waals surface area contributed by atoms with Crippen molar-refractivity contribution in [2.24, 2.45) is 0 Å². The van der Waals surface area contributed by atoms with Gasteiger partial charge < -0.3 is 9.47 Å². The van der Waals surface area contributed by atoms with Gasteiger partial charge in [-0.05, 0) is 43.2 Å². The molecule has 0 spiro atoms. The largest absolute Gasteiger partial charge is 0.493 e. The summed E-state index contributed by atoms with van der Waals surface area (Å²) >= 11 is 0. The predicted molar refractivity (Wildman–Crippen MR) is 101 cm³/mol. The van der Waals surface area contributed by atoms with Crippen molar-refractivity contribution in [3.05, 3.63) is 29.3 Å². The molecule has 136 valence electrons. The average Bonchev–Trinajstić information content (AvgIpc) is 2.50. The molecule has 1 fully saturated rings. The van der Waals surface area contributed by atoms with Crippen molar-refractivity contribution in [1.29, 1.82) is 0 Å². The van der Waals surface area contributed by atoms with Crippen molar-refractivity contribution in [3.8, 4) is 5.75 Å². The van der Waals surface area contributed by atoms with Crippen molar-refractivity contribution in [1.82, 2.24) is 4.90 Å². The minimum Gasteiger partial charge on any atom is -0.493 e. The first-order valence-corrected chi connectivity index (χ1v) is 9.51. The SMILES string of the molecule is CC1CN(CCCOc2c(C(C)C)cccc2C(C)C)CC(C)O1. The van der Waals surface area contributed by atoms with Gasteiger partial charge in [0.2, 0.25) is 0 Å². The molecule has 2 rings (SSSR count). The van der Waals surface area contributed by atoms with Crippen LogP contribution in [0.4, 0.5) is 0 Å². The Hall–Kier alpha value is -1.06. The van der Waals surface area contributed by atoms with E-state index >= 15 is 0 Å². The third kappa shape index (κ3) is 5.22. The zero-order valence-electron chi connectivity index (χ0n) is 16.3. The second kappa shape index (κ2) is 8.87. The summed E-state index contributed by atoms with van der Waals surface area (Å²) in [4.78, 5) is 2.50. The first kappa shape index (κ1) is 19.3. The monoisotopic (exact) mass is 333 g/mol. The van der Waals surface area contributed by atoms with Gasteiger partial charge in [-0.25, -0.2) is 0 Å². The maximum absolute atomic E-state index is 6.28. The molecule has 1 heterocycles. The Morgan fingerprint density at radius 2 is 1.58 bits per heavy atom. The summed E-state index contributed by atoms with van der Waals surface area (Å²) in [5, 5.41) is 0. The lowest BCUT2D eigenvalue weighted by atomic mass is 9.94. The summed E-state index contributed by atoms with van der Waals surface area (Å²) in [6.07, 6.45) is 1.73. The first-order chi connectivity index (χ1) is 11.4. The summed E-state index contributed by atoms with van der Waals surface area (Å²) in [5.41, 5.74) is 2.66. The van der Waals surface area contributed by atoms with Crippen molar-refractivity contribution >= 4 is 0 Å². The van der Waals surface area contributed by atoms with Crippen LogP contribution in [0.5, 0.6) is 5.75 Å². The van der Waals surface area contributed by atoms with Gasteiger partial charge in [-0.1, -0.05) is 45.9 Å². The van der Waals surface area contributed by atoms with Crippen LogP contribution in [-0.2, 0) is 4.74 Å².